The first-order chi connectivity index (χ1) is 11.2. The monoisotopic (exact) mass is 377 g/mol. The Morgan fingerprint density at radius 1 is 1.17 bits per heavy atom. The molecule has 0 bridgehead atoms. The van der Waals surface area contributed by atoms with Gasteiger partial charge in [0.05, 0.1) is 13.2 Å². The fourth-order valence-electron chi connectivity index (χ4n) is 2.17. The van der Waals surface area contributed by atoms with Crippen molar-refractivity contribution in [3.63, 3.8) is 0 Å². The van der Waals surface area contributed by atoms with Crippen LogP contribution in [-0.2, 0) is 6.54 Å². The first-order valence-electron chi connectivity index (χ1n) is 7.16. The normalized spacial score (nSPS) is 11.0. The molecule has 2 aromatic heterocycles. The molecule has 0 saturated carbocycles. The van der Waals surface area contributed by atoms with Crippen molar-refractivity contribution < 1.29 is 9.84 Å². The van der Waals surface area contributed by atoms with Gasteiger partial charge in [0, 0.05) is 13.0 Å². The second kappa shape index (κ2) is 6.93. The molecule has 7 nitrogen and oxygen atoms in total. The van der Waals surface area contributed by atoms with Gasteiger partial charge in [-0.25, -0.2) is 4.98 Å². The number of halogens is 1. The van der Waals surface area contributed by atoms with Crippen LogP contribution in [0.15, 0.2) is 35.1 Å². The molecule has 0 amide bonds. The van der Waals surface area contributed by atoms with Gasteiger partial charge in [0.25, 0.3) is 0 Å². The van der Waals surface area contributed by atoms with E-state index in [-0.39, 0.29) is 18.4 Å². The van der Waals surface area contributed by atoms with Crippen LogP contribution >= 0.6 is 15.9 Å². The fraction of sp³-hybridized carbons (Fsp3) is 0.267. The van der Waals surface area contributed by atoms with E-state index < -0.39 is 0 Å². The lowest BCUT2D eigenvalue weighted by Crippen LogP contribution is -2.07. The highest BCUT2D eigenvalue weighted by Crippen LogP contribution is 2.25. The average Bonchev–Trinajstić information content (AvgIpc) is 2.86. The van der Waals surface area contributed by atoms with Crippen LogP contribution in [0.1, 0.15) is 12.0 Å². The van der Waals surface area contributed by atoms with Gasteiger partial charge in [-0.2, -0.15) is 9.97 Å². The third-order valence-electron chi connectivity index (χ3n) is 3.27. The molecule has 3 N–H and O–H groups in total. The summed E-state index contributed by atoms with van der Waals surface area (Å²) in [6.45, 7) is 0.981. The van der Waals surface area contributed by atoms with Crippen LogP contribution in [0.25, 0.3) is 11.2 Å². The molecule has 120 valence electrons. The number of hydrogen-bond acceptors (Lipinski definition) is 6. The number of hydrogen-bond donors (Lipinski definition) is 2. The maximum Gasteiger partial charge on any atom is 0.320 e. The molecule has 23 heavy (non-hydrogen) atoms. The highest BCUT2D eigenvalue weighted by atomic mass is 79.9. The zero-order valence-corrected chi connectivity index (χ0v) is 13.9. The van der Waals surface area contributed by atoms with Gasteiger partial charge in [0.2, 0.25) is 0 Å². The zero-order valence-electron chi connectivity index (χ0n) is 12.3. The summed E-state index contributed by atoms with van der Waals surface area (Å²) in [5.74, 6) is 0.265. The molecule has 1 aromatic carbocycles. The number of aliphatic hydroxyl groups is 1. The van der Waals surface area contributed by atoms with Crippen LogP contribution in [0, 0.1) is 0 Å². The number of aromatic nitrogens is 4. The summed E-state index contributed by atoms with van der Waals surface area (Å²) in [5, 5.41) is 8.82. The molecule has 3 aromatic rings. The van der Waals surface area contributed by atoms with Gasteiger partial charge in [0.1, 0.15) is 0 Å². The maximum absolute atomic E-state index is 8.82. The number of nitrogen functional groups attached to an aromatic ring is 1. The molecule has 0 atom stereocenters. The number of ether oxygens (including phenoxy) is 1. The Kier molecular flexibility index (Phi) is 4.73. The minimum absolute atomic E-state index is 0.0508. The van der Waals surface area contributed by atoms with Crippen molar-refractivity contribution in [3.05, 3.63) is 40.6 Å². The predicted octanol–water partition coefficient (Wildman–Crippen LogP) is 1.98. The number of benzene rings is 1. The molecule has 0 unspecified atom stereocenters. The van der Waals surface area contributed by atoms with Crippen molar-refractivity contribution in [3.8, 4) is 6.01 Å². The summed E-state index contributed by atoms with van der Waals surface area (Å²) in [6.07, 6.45) is 0.508. The van der Waals surface area contributed by atoms with E-state index in [1.807, 2.05) is 34.9 Å². The Bertz CT molecular complexity index is 806. The van der Waals surface area contributed by atoms with E-state index in [0.717, 1.165) is 5.56 Å². The van der Waals surface area contributed by atoms with Crippen LogP contribution in [-0.4, -0.2) is 37.8 Å². The summed E-state index contributed by atoms with van der Waals surface area (Å²) in [4.78, 5) is 12.9. The maximum atomic E-state index is 8.82. The van der Waals surface area contributed by atoms with Crippen molar-refractivity contribution in [2.45, 2.75) is 13.0 Å². The topological polar surface area (TPSA) is 99.1 Å². The number of nitrogens with zero attached hydrogens (tertiary/aromatic N) is 4. The lowest BCUT2D eigenvalue weighted by molar-refractivity contribution is 0.225. The van der Waals surface area contributed by atoms with E-state index in [1.54, 1.807) is 0 Å². The number of aliphatic hydroxyl groups excluding tert-OH is 1. The van der Waals surface area contributed by atoms with Gasteiger partial charge in [-0.1, -0.05) is 30.3 Å². The van der Waals surface area contributed by atoms with Crippen LogP contribution in [0.2, 0.25) is 0 Å². The third kappa shape index (κ3) is 3.43. The molecule has 0 aliphatic heterocycles. The van der Waals surface area contributed by atoms with Crippen molar-refractivity contribution in [1.82, 2.24) is 19.5 Å². The highest BCUT2D eigenvalue weighted by Gasteiger charge is 2.16. The molecule has 8 heteroatoms. The molecule has 0 spiro atoms. The van der Waals surface area contributed by atoms with E-state index >= 15 is 0 Å². The summed E-state index contributed by atoms with van der Waals surface area (Å²) >= 11 is 3.44. The Hall–Kier alpha value is -2.19. The van der Waals surface area contributed by atoms with E-state index in [2.05, 4.69) is 30.9 Å². The highest BCUT2D eigenvalue weighted by molar-refractivity contribution is 9.10. The summed E-state index contributed by atoms with van der Waals surface area (Å²) in [5.41, 5.74) is 8.21. The molecule has 2 heterocycles. The molecule has 0 fully saturated rings. The molecule has 0 saturated heterocycles. The van der Waals surface area contributed by atoms with E-state index in [4.69, 9.17) is 15.6 Å². The van der Waals surface area contributed by atoms with E-state index in [1.165, 1.54) is 0 Å². The van der Waals surface area contributed by atoms with E-state index in [9.17, 15) is 0 Å². The van der Waals surface area contributed by atoms with Gasteiger partial charge >= 0.3 is 6.01 Å². The zero-order chi connectivity index (χ0) is 16.2. The van der Waals surface area contributed by atoms with Crippen LogP contribution < -0.4 is 10.5 Å². The minimum atomic E-state index is 0.0508. The summed E-state index contributed by atoms with van der Waals surface area (Å²) < 4.78 is 7.97. The molecule has 0 radical (unpaired) electrons. The number of anilines is 1. The van der Waals surface area contributed by atoms with Gasteiger partial charge in [0.15, 0.2) is 21.7 Å². The molecular formula is C15H16BrN5O2. The number of rotatable bonds is 6. The van der Waals surface area contributed by atoms with Crippen molar-refractivity contribution in [2.75, 3.05) is 18.9 Å². The predicted molar refractivity (Wildman–Crippen MR) is 90.2 cm³/mol. The smallest absolute Gasteiger partial charge is 0.320 e. The van der Waals surface area contributed by atoms with Crippen LogP contribution in [0.3, 0.4) is 0 Å². The second-order valence-corrected chi connectivity index (χ2v) is 5.65. The van der Waals surface area contributed by atoms with Gasteiger partial charge in [-0.15, -0.1) is 0 Å². The first kappa shape index (κ1) is 15.7. The molecule has 0 aliphatic carbocycles. The van der Waals surface area contributed by atoms with Gasteiger partial charge < -0.3 is 15.6 Å². The summed E-state index contributed by atoms with van der Waals surface area (Å²) in [7, 11) is 0. The Labute approximate surface area is 141 Å². The number of imidazole rings is 1. The Morgan fingerprint density at radius 3 is 2.70 bits per heavy atom. The molecule has 3 rings (SSSR count). The summed E-state index contributed by atoms with van der Waals surface area (Å²) in [6, 6.07) is 10.2. The quantitative estimate of drug-likeness (QED) is 0.503. The van der Waals surface area contributed by atoms with Crippen molar-refractivity contribution >= 4 is 32.9 Å². The van der Waals surface area contributed by atoms with E-state index in [0.29, 0.717) is 35.5 Å². The van der Waals surface area contributed by atoms with Gasteiger partial charge in [-0.05, 0) is 21.5 Å². The lowest BCUT2D eigenvalue weighted by Gasteiger charge is -2.07. The van der Waals surface area contributed by atoms with Crippen LogP contribution in [0.4, 0.5) is 5.82 Å². The first-order valence-corrected chi connectivity index (χ1v) is 7.95. The SMILES string of the molecule is Nc1nc(OCCCO)nc2c1nc(Br)n2Cc1ccccc1. The van der Waals surface area contributed by atoms with Crippen molar-refractivity contribution in [1.29, 1.82) is 0 Å². The van der Waals surface area contributed by atoms with Crippen molar-refractivity contribution in [2.24, 2.45) is 0 Å². The number of nitrogens with two attached hydrogens (primary N) is 1. The lowest BCUT2D eigenvalue weighted by atomic mass is 10.2. The Morgan fingerprint density at radius 2 is 1.96 bits per heavy atom. The minimum Gasteiger partial charge on any atom is -0.463 e. The van der Waals surface area contributed by atoms with Crippen LogP contribution in [0.5, 0.6) is 6.01 Å². The van der Waals surface area contributed by atoms with Gasteiger partial charge in [-0.3, -0.25) is 4.57 Å². The number of fused-ring (bicyclic) bond motifs is 1. The standard InChI is InChI=1S/C15H16BrN5O2/c16-14-18-11-12(17)19-15(23-8-4-7-22)20-13(11)21(14)9-10-5-2-1-3-6-10/h1-3,5-6,22H,4,7-9H2,(H2,17,19,20). The molecular weight excluding hydrogens is 362 g/mol. The second-order valence-electron chi connectivity index (χ2n) is 4.94. The third-order valence-corrected chi connectivity index (χ3v) is 3.88. The average molecular weight is 378 g/mol. The fourth-order valence-corrected chi connectivity index (χ4v) is 2.64. The largest absolute Gasteiger partial charge is 0.463 e. The molecule has 0 aliphatic rings. The Balaban J connectivity index is 1.98.